The molecule has 0 aliphatic rings. The molecule has 0 amide bonds. The standard InChI is InChI=1S/C19H21NS/c1-12-9-13(2)18(14(3)10-12)19(20-4)16-11-21-17-8-6-5-7-15(16)17/h5-11,19-20H,1-4H3. The average molecular weight is 295 g/mol. The van der Waals surface area contributed by atoms with Crippen molar-refractivity contribution in [1.82, 2.24) is 5.32 Å². The Bertz CT molecular complexity index is 762. The van der Waals surface area contributed by atoms with Crippen molar-refractivity contribution in [3.05, 3.63) is 69.6 Å². The lowest BCUT2D eigenvalue weighted by molar-refractivity contribution is 0.689. The van der Waals surface area contributed by atoms with Crippen LogP contribution in [0.15, 0.2) is 41.8 Å². The number of benzene rings is 2. The van der Waals surface area contributed by atoms with Crippen molar-refractivity contribution < 1.29 is 0 Å². The Morgan fingerprint density at radius 1 is 1.00 bits per heavy atom. The zero-order chi connectivity index (χ0) is 15.0. The van der Waals surface area contributed by atoms with Crippen molar-refractivity contribution in [1.29, 1.82) is 0 Å². The molecule has 0 aliphatic carbocycles. The van der Waals surface area contributed by atoms with E-state index in [4.69, 9.17) is 0 Å². The van der Waals surface area contributed by atoms with Crippen LogP contribution in [0.2, 0.25) is 0 Å². The molecule has 21 heavy (non-hydrogen) atoms. The predicted molar refractivity (Wildman–Crippen MR) is 93.4 cm³/mol. The lowest BCUT2D eigenvalue weighted by atomic mass is 9.90. The van der Waals surface area contributed by atoms with E-state index in [-0.39, 0.29) is 6.04 Å². The highest BCUT2D eigenvalue weighted by Gasteiger charge is 2.19. The maximum absolute atomic E-state index is 3.52. The lowest BCUT2D eigenvalue weighted by Gasteiger charge is -2.22. The molecule has 1 aromatic heterocycles. The fraction of sp³-hybridized carbons (Fsp3) is 0.263. The summed E-state index contributed by atoms with van der Waals surface area (Å²) in [7, 11) is 2.05. The lowest BCUT2D eigenvalue weighted by Crippen LogP contribution is -2.19. The molecule has 2 heteroatoms. The molecule has 3 rings (SSSR count). The second kappa shape index (κ2) is 5.63. The normalized spacial score (nSPS) is 12.8. The highest BCUT2D eigenvalue weighted by Crippen LogP contribution is 2.35. The van der Waals surface area contributed by atoms with E-state index >= 15 is 0 Å². The zero-order valence-corrected chi connectivity index (χ0v) is 13.8. The number of thiophene rings is 1. The van der Waals surface area contributed by atoms with Gasteiger partial charge in [0.2, 0.25) is 0 Å². The average Bonchev–Trinajstić information content (AvgIpc) is 2.86. The van der Waals surface area contributed by atoms with Crippen molar-refractivity contribution in [2.24, 2.45) is 0 Å². The molecule has 1 unspecified atom stereocenters. The number of fused-ring (bicyclic) bond motifs is 1. The Morgan fingerprint density at radius 2 is 1.67 bits per heavy atom. The summed E-state index contributed by atoms with van der Waals surface area (Å²) in [6, 6.07) is 13.5. The highest BCUT2D eigenvalue weighted by atomic mass is 32.1. The molecule has 0 spiro atoms. The molecule has 1 atom stereocenters. The van der Waals surface area contributed by atoms with E-state index in [1.165, 1.54) is 37.9 Å². The van der Waals surface area contributed by atoms with Gasteiger partial charge >= 0.3 is 0 Å². The number of rotatable bonds is 3. The van der Waals surface area contributed by atoms with E-state index in [2.05, 4.69) is 74.9 Å². The largest absolute Gasteiger partial charge is 0.309 e. The maximum Gasteiger partial charge on any atom is 0.0593 e. The third-order valence-corrected chi connectivity index (χ3v) is 5.12. The Kier molecular flexibility index (Phi) is 3.83. The van der Waals surface area contributed by atoms with E-state index in [1.54, 1.807) is 0 Å². The van der Waals surface area contributed by atoms with Gasteiger partial charge in [0.05, 0.1) is 6.04 Å². The molecule has 0 saturated carbocycles. The Morgan fingerprint density at radius 3 is 2.33 bits per heavy atom. The number of nitrogens with one attached hydrogen (secondary N) is 1. The molecule has 1 heterocycles. The molecule has 2 aromatic carbocycles. The van der Waals surface area contributed by atoms with Gasteiger partial charge in [0.1, 0.15) is 0 Å². The van der Waals surface area contributed by atoms with Crippen LogP contribution < -0.4 is 5.32 Å². The van der Waals surface area contributed by atoms with E-state index in [9.17, 15) is 0 Å². The number of aryl methyl sites for hydroxylation is 3. The summed E-state index contributed by atoms with van der Waals surface area (Å²) in [6.45, 7) is 6.60. The minimum Gasteiger partial charge on any atom is -0.309 e. The zero-order valence-electron chi connectivity index (χ0n) is 13.0. The topological polar surface area (TPSA) is 12.0 Å². The first-order valence-corrected chi connectivity index (χ1v) is 8.21. The van der Waals surface area contributed by atoms with Crippen LogP contribution in [-0.2, 0) is 0 Å². The first-order chi connectivity index (χ1) is 10.1. The van der Waals surface area contributed by atoms with E-state index < -0.39 is 0 Å². The smallest absolute Gasteiger partial charge is 0.0593 e. The fourth-order valence-electron chi connectivity index (χ4n) is 3.32. The molecule has 0 fully saturated rings. The van der Waals surface area contributed by atoms with Crippen LogP contribution in [0.5, 0.6) is 0 Å². The SMILES string of the molecule is CNC(c1c(C)cc(C)cc1C)c1csc2ccccc12. The van der Waals surface area contributed by atoms with Crippen molar-refractivity contribution in [3.8, 4) is 0 Å². The minimum atomic E-state index is 0.252. The fourth-order valence-corrected chi connectivity index (χ4v) is 4.31. The Hall–Kier alpha value is -1.64. The molecule has 0 radical (unpaired) electrons. The molecule has 108 valence electrons. The third-order valence-electron chi connectivity index (χ3n) is 4.14. The predicted octanol–water partition coefficient (Wildman–Crippen LogP) is 5.14. The molecule has 1 N–H and O–H groups in total. The van der Waals surface area contributed by atoms with Gasteiger partial charge in [-0.3, -0.25) is 0 Å². The highest BCUT2D eigenvalue weighted by molar-refractivity contribution is 7.17. The Balaban J connectivity index is 2.19. The molecule has 0 aliphatic heterocycles. The second-order valence-corrected chi connectivity index (χ2v) is 6.63. The van der Waals surface area contributed by atoms with Gasteiger partial charge in [-0.15, -0.1) is 11.3 Å². The van der Waals surface area contributed by atoms with E-state index in [0.29, 0.717) is 0 Å². The summed E-state index contributed by atoms with van der Waals surface area (Å²) in [5.41, 5.74) is 6.85. The summed E-state index contributed by atoms with van der Waals surface area (Å²) in [5.74, 6) is 0. The van der Waals surface area contributed by atoms with Crippen LogP contribution in [-0.4, -0.2) is 7.05 Å². The first kappa shape index (κ1) is 14.3. The van der Waals surface area contributed by atoms with Gasteiger partial charge < -0.3 is 5.32 Å². The van der Waals surface area contributed by atoms with Gasteiger partial charge in [-0.05, 0) is 66.9 Å². The van der Waals surface area contributed by atoms with Crippen molar-refractivity contribution >= 4 is 21.4 Å². The second-order valence-electron chi connectivity index (χ2n) is 5.72. The maximum atomic E-state index is 3.52. The van der Waals surface area contributed by atoms with Gasteiger partial charge in [0.15, 0.2) is 0 Å². The van der Waals surface area contributed by atoms with Crippen LogP contribution in [0.4, 0.5) is 0 Å². The summed E-state index contributed by atoms with van der Waals surface area (Å²) in [6.07, 6.45) is 0. The monoisotopic (exact) mass is 295 g/mol. The van der Waals surface area contributed by atoms with Gasteiger partial charge in [-0.25, -0.2) is 0 Å². The van der Waals surface area contributed by atoms with Gasteiger partial charge in [0, 0.05) is 4.70 Å². The van der Waals surface area contributed by atoms with Crippen molar-refractivity contribution in [3.63, 3.8) is 0 Å². The van der Waals surface area contributed by atoms with Gasteiger partial charge in [0.25, 0.3) is 0 Å². The summed E-state index contributed by atoms with van der Waals surface area (Å²) in [5, 5.41) is 7.18. The van der Waals surface area contributed by atoms with Gasteiger partial charge in [-0.1, -0.05) is 35.9 Å². The molecular weight excluding hydrogens is 274 g/mol. The van der Waals surface area contributed by atoms with E-state index in [1.807, 2.05) is 11.3 Å². The van der Waals surface area contributed by atoms with Gasteiger partial charge in [-0.2, -0.15) is 0 Å². The molecule has 1 nitrogen and oxygen atoms in total. The Labute approximate surface area is 130 Å². The van der Waals surface area contributed by atoms with Crippen LogP contribution in [0.3, 0.4) is 0 Å². The molecule has 0 bridgehead atoms. The van der Waals surface area contributed by atoms with E-state index in [0.717, 1.165) is 0 Å². The molecule has 3 aromatic rings. The quantitative estimate of drug-likeness (QED) is 0.706. The minimum absolute atomic E-state index is 0.252. The van der Waals surface area contributed by atoms with Crippen molar-refractivity contribution in [2.75, 3.05) is 7.05 Å². The number of hydrogen-bond acceptors (Lipinski definition) is 2. The third kappa shape index (κ3) is 2.50. The number of hydrogen-bond donors (Lipinski definition) is 1. The summed E-state index contributed by atoms with van der Waals surface area (Å²) < 4.78 is 1.36. The first-order valence-electron chi connectivity index (χ1n) is 7.33. The van der Waals surface area contributed by atoms with Crippen LogP contribution >= 0.6 is 11.3 Å². The molecule has 0 saturated heterocycles. The van der Waals surface area contributed by atoms with Crippen LogP contribution in [0.1, 0.15) is 33.9 Å². The summed E-state index contributed by atoms with van der Waals surface area (Å²) in [4.78, 5) is 0. The molecular formula is C19H21NS. The van der Waals surface area contributed by atoms with Crippen LogP contribution in [0, 0.1) is 20.8 Å². The van der Waals surface area contributed by atoms with Crippen molar-refractivity contribution in [2.45, 2.75) is 26.8 Å². The van der Waals surface area contributed by atoms with Crippen LogP contribution in [0.25, 0.3) is 10.1 Å². The summed E-state index contributed by atoms with van der Waals surface area (Å²) >= 11 is 1.83.